The summed E-state index contributed by atoms with van der Waals surface area (Å²) in [6.07, 6.45) is 1.33. The molecule has 0 unspecified atom stereocenters. The summed E-state index contributed by atoms with van der Waals surface area (Å²) in [5.41, 5.74) is 1.32. The number of piperazine rings is 1. The average molecular weight is 392 g/mol. The predicted molar refractivity (Wildman–Crippen MR) is 114 cm³/mol. The maximum absolute atomic E-state index is 13.3. The summed E-state index contributed by atoms with van der Waals surface area (Å²) in [6.45, 7) is 6.53. The van der Waals surface area contributed by atoms with Crippen molar-refractivity contribution >= 4 is 17.5 Å². The molecule has 0 spiro atoms. The van der Waals surface area contributed by atoms with Crippen molar-refractivity contribution in [1.29, 1.82) is 0 Å². The molecule has 0 atom stereocenters. The van der Waals surface area contributed by atoms with Crippen LogP contribution in [0.25, 0.3) is 0 Å². The largest absolute Gasteiger partial charge is 0.339 e. The van der Waals surface area contributed by atoms with E-state index in [4.69, 9.17) is 0 Å². The Labute approximate surface area is 172 Å². The van der Waals surface area contributed by atoms with Gasteiger partial charge in [-0.2, -0.15) is 0 Å². The van der Waals surface area contributed by atoms with Gasteiger partial charge in [-0.15, -0.1) is 0 Å². The van der Waals surface area contributed by atoms with Gasteiger partial charge in [-0.05, 0) is 37.5 Å². The van der Waals surface area contributed by atoms with Crippen LogP contribution >= 0.6 is 0 Å². The first kappa shape index (κ1) is 19.6. The van der Waals surface area contributed by atoms with Gasteiger partial charge < -0.3 is 9.80 Å². The number of carbonyl (C=O) groups excluding carboxylic acids is 2. The molecule has 1 saturated carbocycles. The second-order valence-corrected chi connectivity index (χ2v) is 8.02. The van der Waals surface area contributed by atoms with Gasteiger partial charge in [0, 0.05) is 45.0 Å². The summed E-state index contributed by atoms with van der Waals surface area (Å²) in [4.78, 5) is 32.7. The first-order valence-corrected chi connectivity index (χ1v) is 10.6. The Balaban J connectivity index is 1.38. The van der Waals surface area contributed by atoms with Crippen molar-refractivity contribution in [2.24, 2.45) is 5.41 Å². The van der Waals surface area contributed by atoms with E-state index in [1.807, 2.05) is 48.2 Å². The van der Waals surface area contributed by atoms with Crippen molar-refractivity contribution in [2.75, 3.05) is 37.6 Å². The minimum absolute atomic E-state index is 0.0243. The summed E-state index contributed by atoms with van der Waals surface area (Å²) in [5, 5.41) is 0. The van der Waals surface area contributed by atoms with E-state index in [0.29, 0.717) is 32.5 Å². The number of nitrogens with zero attached hydrogens (tertiary/aromatic N) is 3. The summed E-state index contributed by atoms with van der Waals surface area (Å²) in [5.74, 6) is -0.0147. The molecule has 0 bridgehead atoms. The number of carbonyl (C=O) groups is 2. The second-order valence-electron chi connectivity index (χ2n) is 8.02. The fourth-order valence-corrected chi connectivity index (χ4v) is 4.21. The van der Waals surface area contributed by atoms with E-state index in [-0.39, 0.29) is 11.8 Å². The molecule has 0 aromatic heterocycles. The van der Waals surface area contributed by atoms with Crippen LogP contribution in [-0.4, -0.2) is 54.3 Å². The van der Waals surface area contributed by atoms with Crippen molar-refractivity contribution in [2.45, 2.75) is 26.3 Å². The average Bonchev–Trinajstić information content (AvgIpc) is 3.58. The second kappa shape index (κ2) is 8.37. The number of amides is 2. The highest BCUT2D eigenvalue weighted by molar-refractivity contribution is 6.14. The number of hydrogen-bond donors (Lipinski definition) is 0. The standard InChI is InChI=1S/C24H29N3O2/c1-2-27(21-11-7-4-8-12-21)23(29)24(13-14-24)22(28)26-17-15-25(16-18-26)19-20-9-5-3-6-10-20/h3-12H,2,13-19H2,1H3. The Morgan fingerprint density at radius 2 is 1.48 bits per heavy atom. The third kappa shape index (κ3) is 4.06. The van der Waals surface area contributed by atoms with E-state index >= 15 is 0 Å². The van der Waals surface area contributed by atoms with Gasteiger partial charge in [0.05, 0.1) is 0 Å². The maximum atomic E-state index is 13.3. The number of benzene rings is 2. The van der Waals surface area contributed by atoms with E-state index in [9.17, 15) is 9.59 Å². The molecule has 5 heteroatoms. The van der Waals surface area contributed by atoms with E-state index in [0.717, 1.165) is 25.3 Å². The molecule has 2 amide bonds. The molecule has 2 aromatic carbocycles. The van der Waals surface area contributed by atoms with Crippen LogP contribution in [0.1, 0.15) is 25.3 Å². The Morgan fingerprint density at radius 3 is 2.03 bits per heavy atom. The summed E-state index contributed by atoms with van der Waals surface area (Å²) in [6, 6.07) is 20.1. The van der Waals surface area contributed by atoms with Crippen LogP contribution in [0.2, 0.25) is 0 Å². The lowest BCUT2D eigenvalue weighted by Crippen LogP contribution is -2.53. The van der Waals surface area contributed by atoms with Crippen molar-refractivity contribution in [3.05, 3.63) is 66.2 Å². The molecular weight excluding hydrogens is 362 g/mol. The molecule has 0 radical (unpaired) electrons. The monoisotopic (exact) mass is 391 g/mol. The number of anilines is 1. The van der Waals surface area contributed by atoms with Crippen LogP contribution in [0.15, 0.2) is 60.7 Å². The molecule has 4 rings (SSSR count). The molecule has 29 heavy (non-hydrogen) atoms. The summed E-state index contributed by atoms with van der Waals surface area (Å²) < 4.78 is 0. The Hall–Kier alpha value is -2.66. The highest BCUT2D eigenvalue weighted by atomic mass is 16.2. The zero-order chi connectivity index (χ0) is 20.3. The van der Waals surface area contributed by atoms with Gasteiger partial charge in [-0.25, -0.2) is 0 Å². The number of rotatable bonds is 6. The molecule has 1 heterocycles. The van der Waals surface area contributed by atoms with Gasteiger partial charge >= 0.3 is 0 Å². The van der Waals surface area contributed by atoms with Crippen molar-refractivity contribution in [3.8, 4) is 0 Å². The minimum Gasteiger partial charge on any atom is -0.339 e. The van der Waals surface area contributed by atoms with Crippen molar-refractivity contribution in [1.82, 2.24) is 9.80 Å². The van der Waals surface area contributed by atoms with Crippen LogP contribution in [0, 0.1) is 5.41 Å². The Morgan fingerprint density at radius 1 is 0.897 bits per heavy atom. The molecule has 2 aromatic rings. The third-order valence-electron chi connectivity index (χ3n) is 6.11. The van der Waals surface area contributed by atoms with E-state index < -0.39 is 5.41 Å². The molecular formula is C24H29N3O2. The van der Waals surface area contributed by atoms with Crippen molar-refractivity contribution in [3.63, 3.8) is 0 Å². The van der Waals surface area contributed by atoms with Crippen LogP contribution in [-0.2, 0) is 16.1 Å². The van der Waals surface area contributed by atoms with Gasteiger partial charge in [-0.3, -0.25) is 14.5 Å². The zero-order valence-electron chi connectivity index (χ0n) is 17.1. The summed E-state index contributed by atoms with van der Waals surface area (Å²) >= 11 is 0. The molecule has 5 nitrogen and oxygen atoms in total. The molecule has 1 saturated heterocycles. The van der Waals surface area contributed by atoms with Gasteiger partial charge in [-0.1, -0.05) is 48.5 Å². The molecule has 2 fully saturated rings. The lowest BCUT2D eigenvalue weighted by Gasteiger charge is -2.37. The topological polar surface area (TPSA) is 43.9 Å². The van der Waals surface area contributed by atoms with E-state index in [1.54, 1.807) is 4.90 Å². The van der Waals surface area contributed by atoms with E-state index in [1.165, 1.54) is 5.56 Å². The molecule has 152 valence electrons. The smallest absolute Gasteiger partial charge is 0.242 e. The predicted octanol–water partition coefficient (Wildman–Crippen LogP) is 3.16. The fourth-order valence-electron chi connectivity index (χ4n) is 4.21. The molecule has 1 aliphatic heterocycles. The van der Waals surface area contributed by atoms with Gasteiger partial charge in [0.25, 0.3) is 0 Å². The first-order valence-electron chi connectivity index (χ1n) is 10.6. The van der Waals surface area contributed by atoms with Crippen molar-refractivity contribution < 1.29 is 9.59 Å². The molecule has 0 N–H and O–H groups in total. The van der Waals surface area contributed by atoms with Gasteiger partial charge in [0.1, 0.15) is 5.41 Å². The SMILES string of the molecule is CCN(C(=O)C1(C(=O)N2CCN(Cc3ccccc3)CC2)CC1)c1ccccc1. The van der Waals surface area contributed by atoms with Crippen LogP contribution in [0.5, 0.6) is 0 Å². The number of para-hydroxylation sites is 1. The minimum atomic E-state index is -0.840. The fraction of sp³-hybridized carbons (Fsp3) is 0.417. The third-order valence-corrected chi connectivity index (χ3v) is 6.11. The van der Waals surface area contributed by atoms with Crippen LogP contribution in [0.4, 0.5) is 5.69 Å². The normalized spacial score (nSPS) is 18.3. The molecule has 1 aliphatic carbocycles. The van der Waals surface area contributed by atoms with Gasteiger partial charge in [0.2, 0.25) is 11.8 Å². The maximum Gasteiger partial charge on any atom is 0.242 e. The zero-order valence-corrected chi connectivity index (χ0v) is 17.1. The first-order chi connectivity index (χ1) is 14.1. The van der Waals surface area contributed by atoms with Crippen LogP contribution < -0.4 is 4.90 Å². The van der Waals surface area contributed by atoms with E-state index in [2.05, 4.69) is 29.2 Å². The lowest BCUT2D eigenvalue weighted by atomic mass is 10.0. The Kier molecular flexibility index (Phi) is 5.67. The lowest BCUT2D eigenvalue weighted by molar-refractivity contribution is -0.144. The van der Waals surface area contributed by atoms with Gasteiger partial charge in [0.15, 0.2) is 0 Å². The highest BCUT2D eigenvalue weighted by Crippen LogP contribution is 2.49. The Bertz CT molecular complexity index is 841. The molecule has 2 aliphatic rings. The number of hydrogen-bond acceptors (Lipinski definition) is 3. The quantitative estimate of drug-likeness (QED) is 0.711. The highest BCUT2D eigenvalue weighted by Gasteiger charge is 2.59. The van der Waals surface area contributed by atoms with Crippen LogP contribution in [0.3, 0.4) is 0 Å². The summed E-state index contributed by atoms with van der Waals surface area (Å²) in [7, 11) is 0.